The molecule has 3 aromatic rings. The van der Waals surface area contributed by atoms with Crippen molar-refractivity contribution in [3.8, 4) is 0 Å². The molecule has 0 amide bonds. The fraction of sp³-hybridized carbons (Fsp3) is 0.571. The van der Waals surface area contributed by atoms with Crippen molar-refractivity contribution in [2.75, 3.05) is 31.1 Å². The zero-order chi connectivity index (χ0) is 21.8. The first-order valence-corrected chi connectivity index (χ1v) is 11.3. The third-order valence-electron chi connectivity index (χ3n) is 6.43. The molecule has 0 unspecified atom stereocenters. The molecule has 2 aliphatic rings. The Balaban J connectivity index is 1.32. The van der Waals surface area contributed by atoms with Gasteiger partial charge in [0.25, 0.3) is 0 Å². The van der Waals surface area contributed by atoms with E-state index in [1.54, 1.807) is 6.07 Å². The minimum Gasteiger partial charge on any atom is -0.355 e. The number of H-pyrrole nitrogens is 1. The maximum absolute atomic E-state index is 12.8. The number of anilines is 1. The highest BCUT2D eigenvalue weighted by molar-refractivity contribution is 7.18. The number of rotatable bonds is 5. The van der Waals surface area contributed by atoms with Crippen LogP contribution in [0.25, 0.3) is 10.2 Å². The molecule has 0 bridgehead atoms. The van der Waals surface area contributed by atoms with E-state index in [2.05, 4.69) is 43.8 Å². The smallest absolute Gasteiger partial charge is 0.355 e. The summed E-state index contributed by atoms with van der Waals surface area (Å²) < 4.78 is 38.5. The topological polar surface area (TPSA) is 60.9 Å². The first-order chi connectivity index (χ1) is 14.7. The Bertz CT molecular complexity index is 1050. The number of alkyl halides is 3. The fourth-order valence-electron chi connectivity index (χ4n) is 5.26. The van der Waals surface area contributed by atoms with Gasteiger partial charge in [-0.2, -0.15) is 18.3 Å². The fourth-order valence-corrected chi connectivity index (χ4v) is 6.28. The molecule has 6 nitrogen and oxygen atoms in total. The number of aromatic nitrogens is 4. The molecule has 0 radical (unpaired) electrons. The normalized spacial score (nSPS) is 20.1. The highest BCUT2D eigenvalue weighted by Gasteiger charge is 2.50. The lowest BCUT2D eigenvalue weighted by Crippen LogP contribution is -2.59. The minimum absolute atomic E-state index is 0.207. The van der Waals surface area contributed by atoms with Gasteiger partial charge in [-0.3, -0.25) is 10.00 Å². The van der Waals surface area contributed by atoms with Crippen molar-refractivity contribution >= 4 is 27.4 Å². The number of nitrogens with one attached hydrogen (secondary N) is 1. The SMILES string of the molecule is CC(C)[C@@H](c1cn[nH]c1)N1CC2(CCN(c3ncnc4sc(CC(F)(F)F)cc34)C2)C1. The summed E-state index contributed by atoms with van der Waals surface area (Å²) in [5.41, 5.74) is 1.42. The van der Waals surface area contributed by atoms with E-state index < -0.39 is 12.6 Å². The van der Waals surface area contributed by atoms with Gasteiger partial charge in [0.15, 0.2) is 0 Å². The van der Waals surface area contributed by atoms with Crippen molar-refractivity contribution in [2.24, 2.45) is 11.3 Å². The third kappa shape index (κ3) is 3.91. The van der Waals surface area contributed by atoms with E-state index in [9.17, 15) is 13.2 Å². The summed E-state index contributed by atoms with van der Waals surface area (Å²) in [5, 5.41) is 7.77. The molecule has 10 heteroatoms. The van der Waals surface area contributed by atoms with Crippen molar-refractivity contribution < 1.29 is 13.2 Å². The molecule has 1 spiro atoms. The van der Waals surface area contributed by atoms with Gasteiger partial charge in [-0.05, 0) is 18.4 Å². The van der Waals surface area contributed by atoms with Crippen molar-refractivity contribution in [1.29, 1.82) is 0 Å². The quantitative estimate of drug-likeness (QED) is 0.623. The zero-order valence-electron chi connectivity index (χ0n) is 17.5. The molecular weight excluding hydrogens is 425 g/mol. The molecule has 0 aromatic carbocycles. The van der Waals surface area contributed by atoms with Gasteiger partial charge >= 0.3 is 6.18 Å². The largest absolute Gasteiger partial charge is 0.393 e. The molecule has 2 fully saturated rings. The number of hydrogen-bond donors (Lipinski definition) is 1. The molecule has 5 heterocycles. The van der Waals surface area contributed by atoms with Crippen LogP contribution in [0.15, 0.2) is 24.8 Å². The van der Waals surface area contributed by atoms with Crippen LogP contribution >= 0.6 is 11.3 Å². The van der Waals surface area contributed by atoms with Gasteiger partial charge in [-0.25, -0.2) is 9.97 Å². The summed E-state index contributed by atoms with van der Waals surface area (Å²) >= 11 is 1.11. The highest BCUT2D eigenvalue weighted by Crippen LogP contribution is 2.47. The Hall–Kier alpha value is -2.20. The molecule has 31 heavy (non-hydrogen) atoms. The van der Waals surface area contributed by atoms with Crippen molar-refractivity contribution in [2.45, 2.75) is 38.9 Å². The van der Waals surface area contributed by atoms with Crippen LogP contribution in [-0.4, -0.2) is 57.4 Å². The summed E-state index contributed by atoms with van der Waals surface area (Å²) in [6, 6.07) is 1.96. The van der Waals surface area contributed by atoms with Gasteiger partial charge < -0.3 is 4.90 Å². The van der Waals surface area contributed by atoms with Gasteiger partial charge in [0.05, 0.1) is 18.0 Å². The lowest BCUT2D eigenvalue weighted by atomic mass is 9.76. The van der Waals surface area contributed by atoms with Crippen molar-refractivity contribution in [3.63, 3.8) is 0 Å². The van der Waals surface area contributed by atoms with Crippen LogP contribution in [0.2, 0.25) is 0 Å². The second kappa shape index (κ2) is 7.44. The lowest BCUT2D eigenvalue weighted by Gasteiger charge is -2.52. The van der Waals surface area contributed by atoms with Crippen LogP contribution < -0.4 is 4.90 Å². The van der Waals surface area contributed by atoms with E-state index in [0.717, 1.165) is 55.1 Å². The van der Waals surface area contributed by atoms with E-state index in [4.69, 9.17) is 0 Å². The Morgan fingerprint density at radius 1 is 1.23 bits per heavy atom. The molecule has 0 saturated carbocycles. The number of thiophene rings is 1. The van der Waals surface area contributed by atoms with Crippen LogP contribution in [0.1, 0.15) is 36.8 Å². The molecule has 166 valence electrons. The van der Waals surface area contributed by atoms with E-state index in [0.29, 0.717) is 16.8 Å². The summed E-state index contributed by atoms with van der Waals surface area (Å²) in [5.74, 6) is 1.24. The standard InChI is InChI=1S/C21H25F3N6S/c1-13(2)17(14-7-27-28-8-14)30-10-20(11-30)3-4-29(9-20)18-16-5-15(6-21(22,23)24)31-19(16)26-12-25-18/h5,7-8,12-13,17H,3-4,6,9-11H2,1-2H3,(H,27,28)/t17-/m0/s1. The molecule has 0 aliphatic carbocycles. The first-order valence-electron chi connectivity index (χ1n) is 10.5. The Kier molecular flexibility index (Phi) is 4.97. The third-order valence-corrected chi connectivity index (χ3v) is 7.48. The number of nitrogens with zero attached hydrogens (tertiary/aromatic N) is 5. The molecule has 3 aromatic heterocycles. The van der Waals surface area contributed by atoms with Crippen LogP contribution in [-0.2, 0) is 6.42 Å². The molecule has 1 N–H and O–H groups in total. The number of likely N-dealkylation sites (tertiary alicyclic amines) is 1. The van der Waals surface area contributed by atoms with Gasteiger partial charge in [0, 0.05) is 54.3 Å². The molecule has 2 saturated heterocycles. The second-order valence-corrected chi connectivity index (χ2v) is 10.3. The van der Waals surface area contributed by atoms with E-state index in [-0.39, 0.29) is 10.3 Å². The minimum atomic E-state index is -4.22. The van der Waals surface area contributed by atoms with Gasteiger partial charge in [0.2, 0.25) is 0 Å². The Labute approximate surface area is 182 Å². The summed E-state index contributed by atoms with van der Waals surface area (Å²) in [7, 11) is 0. The first kappa shape index (κ1) is 20.7. The highest BCUT2D eigenvalue weighted by atomic mass is 32.1. The van der Waals surface area contributed by atoms with E-state index in [1.807, 2.05) is 12.4 Å². The Morgan fingerprint density at radius 3 is 2.71 bits per heavy atom. The van der Waals surface area contributed by atoms with Crippen LogP contribution in [0.4, 0.5) is 19.0 Å². The number of aromatic amines is 1. The number of fused-ring (bicyclic) bond motifs is 1. The summed E-state index contributed by atoms with van der Waals surface area (Å²) in [4.78, 5) is 14.3. The monoisotopic (exact) mass is 450 g/mol. The van der Waals surface area contributed by atoms with Gasteiger partial charge in [-0.1, -0.05) is 13.8 Å². The second-order valence-electron chi connectivity index (χ2n) is 9.22. The number of hydrogen-bond acceptors (Lipinski definition) is 6. The van der Waals surface area contributed by atoms with Gasteiger partial charge in [0.1, 0.15) is 17.0 Å². The van der Waals surface area contributed by atoms with Crippen molar-refractivity contribution in [3.05, 3.63) is 35.2 Å². The predicted molar refractivity (Wildman–Crippen MR) is 114 cm³/mol. The van der Waals surface area contributed by atoms with Crippen LogP contribution in [0.3, 0.4) is 0 Å². The predicted octanol–water partition coefficient (Wildman–Crippen LogP) is 4.43. The summed E-state index contributed by atoms with van der Waals surface area (Å²) in [6.07, 6.45) is 1.27. The van der Waals surface area contributed by atoms with Gasteiger partial charge in [-0.15, -0.1) is 11.3 Å². The van der Waals surface area contributed by atoms with Crippen LogP contribution in [0, 0.1) is 11.3 Å². The Morgan fingerprint density at radius 2 is 2.03 bits per heavy atom. The average molecular weight is 451 g/mol. The van der Waals surface area contributed by atoms with Crippen LogP contribution in [0.5, 0.6) is 0 Å². The number of halogens is 3. The molecule has 2 aliphatic heterocycles. The zero-order valence-corrected chi connectivity index (χ0v) is 18.3. The maximum atomic E-state index is 12.8. The molecule has 1 atom stereocenters. The van der Waals surface area contributed by atoms with E-state index in [1.165, 1.54) is 11.9 Å². The maximum Gasteiger partial charge on any atom is 0.393 e. The summed E-state index contributed by atoms with van der Waals surface area (Å²) in [6.45, 7) is 8.22. The molecule has 5 rings (SSSR count). The van der Waals surface area contributed by atoms with Crippen molar-refractivity contribution in [1.82, 2.24) is 25.1 Å². The molecular formula is C21H25F3N6S. The van der Waals surface area contributed by atoms with E-state index >= 15 is 0 Å². The average Bonchev–Trinajstić information content (AvgIpc) is 3.38. The lowest BCUT2D eigenvalue weighted by molar-refractivity contribution is -0.126.